The van der Waals surface area contributed by atoms with Gasteiger partial charge >= 0.3 is 0 Å². The second kappa shape index (κ2) is 6.97. The third-order valence-corrected chi connectivity index (χ3v) is 7.25. The molecule has 0 saturated heterocycles. The Morgan fingerprint density at radius 1 is 0.686 bits per heavy atom. The first kappa shape index (κ1) is 18.8. The molecule has 2 aliphatic rings. The van der Waals surface area contributed by atoms with Crippen LogP contribution in [0.1, 0.15) is 11.5 Å². The van der Waals surface area contributed by atoms with E-state index in [1.807, 2.05) is 36.4 Å². The number of aromatic nitrogens is 1. The Morgan fingerprint density at radius 2 is 1.49 bits per heavy atom. The van der Waals surface area contributed by atoms with Crippen molar-refractivity contribution in [1.29, 1.82) is 0 Å². The number of benzene rings is 4. The molecule has 0 spiro atoms. The first-order valence-corrected chi connectivity index (χ1v) is 11.9. The van der Waals surface area contributed by atoms with Crippen molar-refractivity contribution in [3.63, 3.8) is 0 Å². The average Bonchev–Trinajstić information content (AvgIpc) is 3.60. The number of fused-ring (bicyclic) bond motifs is 7. The minimum atomic E-state index is 0.198. The number of furan rings is 1. The van der Waals surface area contributed by atoms with Crippen LogP contribution in [0.3, 0.4) is 0 Å². The van der Waals surface area contributed by atoms with Crippen LogP contribution in [0.25, 0.3) is 44.5 Å². The summed E-state index contributed by atoms with van der Waals surface area (Å²) in [5, 5.41) is 2.09. The maximum Gasteiger partial charge on any atom is 0.228 e. The number of oxazole rings is 1. The van der Waals surface area contributed by atoms with E-state index in [0.29, 0.717) is 11.8 Å². The van der Waals surface area contributed by atoms with E-state index in [2.05, 4.69) is 77.7 Å². The molecule has 4 heteroatoms. The second-order valence-electron chi connectivity index (χ2n) is 9.14. The van der Waals surface area contributed by atoms with Crippen LogP contribution >= 0.6 is 0 Å². The molecule has 0 fully saturated rings. The maximum atomic E-state index is 6.57. The van der Waals surface area contributed by atoms with Crippen LogP contribution in [0.5, 0.6) is 0 Å². The van der Waals surface area contributed by atoms with Crippen molar-refractivity contribution in [1.82, 2.24) is 4.98 Å². The van der Waals surface area contributed by atoms with Gasteiger partial charge in [0.2, 0.25) is 5.89 Å². The molecule has 35 heavy (non-hydrogen) atoms. The Kier molecular flexibility index (Phi) is 3.74. The van der Waals surface area contributed by atoms with E-state index in [1.54, 1.807) is 0 Å². The molecule has 166 valence electrons. The van der Waals surface area contributed by atoms with Crippen molar-refractivity contribution in [2.75, 3.05) is 4.90 Å². The Labute approximate surface area is 201 Å². The van der Waals surface area contributed by atoms with Crippen molar-refractivity contribution in [3.05, 3.63) is 115 Å². The van der Waals surface area contributed by atoms with Gasteiger partial charge in [0, 0.05) is 27.9 Å². The van der Waals surface area contributed by atoms with Crippen LogP contribution in [0.15, 0.2) is 118 Å². The Morgan fingerprint density at radius 3 is 2.43 bits per heavy atom. The van der Waals surface area contributed by atoms with E-state index in [9.17, 15) is 0 Å². The van der Waals surface area contributed by atoms with Gasteiger partial charge in [0.25, 0.3) is 0 Å². The number of nitrogens with zero attached hydrogens (tertiary/aromatic N) is 2. The number of allylic oxidation sites excluding steroid dienone is 2. The summed E-state index contributed by atoms with van der Waals surface area (Å²) >= 11 is 0. The van der Waals surface area contributed by atoms with E-state index in [0.717, 1.165) is 44.3 Å². The standard InChI is InChI=1S/C31H20N2O2/c1-5-13-24-19(9-1)20-10-2-6-14-25(20)33(24)26-18-17-22(31-32-23-12-4-8-16-28(23)35-31)29-21-11-3-7-15-27(21)34-30(26)29/h1-19,24H. The van der Waals surface area contributed by atoms with E-state index in [1.165, 1.54) is 11.3 Å². The largest absolute Gasteiger partial charge is 0.454 e. The minimum Gasteiger partial charge on any atom is -0.454 e. The first-order chi connectivity index (χ1) is 17.4. The van der Waals surface area contributed by atoms with Crippen LogP contribution < -0.4 is 4.90 Å². The Bertz CT molecular complexity index is 1800. The molecular formula is C31H20N2O2. The third kappa shape index (κ3) is 2.59. The fourth-order valence-electron chi connectivity index (χ4n) is 5.74. The van der Waals surface area contributed by atoms with Gasteiger partial charge in [-0.3, -0.25) is 0 Å². The lowest BCUT2D eigenvalue weighted by atomic mass is 9.91. The molecule has 4 aromatic carbocycles. The molecule has 4 nitrogen and oxygen atoms in total. The number of rotatable bonds is 2. The van der Waals surface area contributed by atoms with Gasteiger partial charge in [0.1, 0.15) is 11.1 Å². The molecule has 0 N–H and O–H groups in total. The molecule has 1 aliphatic heterocycles. The number of anilines is 2. The van der Waals surface area contributed by atoms with Crippen molar-refractivity contribution < 1.29 is 8.83 Å². The Hall–Kier alpha value is -4.57. The van der Waals surface area contributed by atoms with Gasteiger partial charge in [0.05, 0.1) is 11.7 Å². The molecule has 0 radical (unpaired) electrons. The van der Waals surface area contributed by atoms with Gasteiger partial charge in [-0.1, -0.05) is 72.8 Å². The monoisotopic (exact) mass is 452 g/mol. The predicted octanol–water partition coefficient (Wildman–Crippen LogP) is 8.12. The van der Waals surface area contributed by atoms with Gasteiger partial charge in [-0.25, -0.2) is 4.98 Å². The summed E-state index contributed by atoms with van der Waals surface area (Å²) in [6, 6.07) is 29.2. The highest BCUT2D eigenvalue weighted by atomic mass is 16.3. The molecule has 2 atom stereocenters. The van der Waals surface area contributed by atoms with Crippen LogP contribution in [-0.4, -0.2) is 11.0 Å². The average molecular weight is 453 g/mol. The summed E-state index contributed by atoms with van der Waals surface area (Å²) in [6.45, 7) is 0. The molecule has 2 aromatic heterocycles. The SMILES string of the molecule is C1=CC2c3ccccc3N(c3ccc(-c4nc5ccccc5o4)c4c3oc3ccccc34)C2C=C1. The fourth-order valence-corrected chi connectivity index (χ4v) is 5.74. The molecule has 1 aliphatic carbocycles. The van der Waals surface area contributed by atoms with E-state index >= 15 is 0 Å². The highest BCUT2D eigenvalue weighted by Crippen LogP contribution is 2.51. The van der Waals surface area contributed by atoms with Crippen molar-refractivity contribution in [2.45, 2.75) is 12.0 Å². The lowest BCUT2D eigenvalue weighted by molar-refractivity contribution is 0.620. The third-order valence-electron chi connectivity index (χ3n) is 7.25. The lowest BCUT2D eigenvalue weighted by Crippen LogP contribution is -2.28. The van der Waals surface area contributed by atoms with Gasteiger partial charge in [-0.05, 0) is 42.0 Å². The number of para-hydroxylation sites is 4. The fraction of sp³-hybridized carbons (Fsp3) is 0.0645. The summed E-state index contributed by atoms with van der Waals surface area (Å²) in [5.41, 5.74) is 7.88. The van der Waals surface area contributed by atoms with Crippen LogP contribution in [0.2, 0.25) is 0 Å². The lowest BCUT2D eigenvalue weighted by Gasteiger charge is -2.28. The molecular weight excluding hydrogens is 432 g/mol. The zero-order valence-corrected chi connectivity index (χ0v) is 18.8. The van der Waals surface area contributed by atoms with Crippen molar-refractivity contribution in [2.24, 2.45) is 0 Å². The summed E-state index contributed by atoms with van der Waals surface area (Å²) in [4.78, 5) is 7.22. The molecule has 0 amide bonds. The zero-order valence-electron chi connectivity index (χ0n) is 18.8. The van der Waals surface area contributed by atoms with Crippen molar-refractivity contribution >= 4 is 44.4 Å². The highest BCUT2D eigenvalue weighted by molar-refractivity contribution is 6.16. The summed E-state index contributed by atoms with van der Waals surface area (Å²) in [7, 11) is 0. The quantitative estimate of drug-likeness (QED) is 0.266. The predicted molar refractivity (Wildman–Crippen MR) is 140 cm³/mol. The highest BCUT2D eigenvalue weighted by Gasteiger charge is 2.38. The van der Waals surface area contributed by atoms with Gasteiger partial charge in [-0.2, -0.15) is 0 Å². The normalized spacial score (nSPS) is 18.6. The second-order valence-corrected chi connectivity index (χ2v) is 9.14. The Balaban J connectivity index is 1.43. The first-order valence-electron chi connectivity index (χ1n) is 11.9. The summed E-state index contributed by atoms with van der Waals surface area (Å²) < 4.78 is 12.8. The minimum absolute atomic E-state index is 0.198. The van der Waals surface area contributed by atoms with Crippen LogP contribution in [0.4, 0.5) is 11.4 Å². The number of hydrogen-bond acceptors (Lipinski definition) is 4. The van der Waals surface area contributed by atoms with Crippen molar-refractivity contribution in [3.8, 4) is 11.5 Å². The molecule has 8 rings (SSSR count). The number of hydrogen-bond donors (Lipinski definition) is 0. The summed E-state index contributed by atoms with van der Waals surface area (Å²) in [6.07, 6.45) is 8.87. The van der Waals surface area contributed by atoms with Gasteiger partial charge in [-0.15, -0.1) is 0 Å². The molecule has 0 bridgehead atoms. The maximum absolute atomic E-state index is 6.57. The van der Waals surface area contributed by atoms with Gasteiger partial charge in [0.15, 0.2) is 11.2 Å². The molecule has 6 aromatic rings. The smallest absolute Gasteiger partial charge is 0.228 e. The van der Waals surface area contributed by atoms with Crippen LogP contribution in [-0.2, 0) is 0 Å². The van der Waals surface area contributed by atoms with E-state index in [-0.39, 0.29) is 6.04 Å². The van der Waals surface area contributed by atoms with E-state index < -0.39 is 0 Å². The summed E-state index contributed by atoms with van der Waals surface area (Å²) in [5.74, 6) is 0.918. The zero-order chi connectivity index (χ0) is 22.9. The molecule has 3 heterocycles. The van der Waals surface area contributed by atoms with Gasteiger partial charge < -0.3 is 13.7 Å². The molecule has 0 saturated carbocycles. The van der Waals surface area contributed by atoms with E-state index in [4.69, 9.17) is 13.8 Å². The van der Waals surface area contributed by atoms with Crippen LogP contribution in [0, 0.1) is 0 Å². The molecule has 2 unspecified atom stereocenters. The topological polar surface area (TPSA) is 42.4 Å².